The highest BCUT2D eigenvalue weighted by Crippen LogP contribution is 2.37. The van der Waals surface area contributed by atoms with Gasteiger partial charge in [0.05, 0.1) is 23.9 Å². The minimum atomic E-state index is -4.80. The number of para-hydroxylation sites is 1. The number of aromatic nitrogens is 4. The zero-order valence-electron chi connectivity index (χ0n) is 19.6. The van der Waals surface area contributed by atoms with Gasteiger partial charge in [-0.05, 0) is 37.3 Å². The van der Waals surface area contributed by atoms with Gasteiger partial charge >= 0.3 is 6.18 Å². The zero-order valence-corrected chi connectivity index (χ0v) is 21.2. The molecule has 4 aromatic heterocycles. The van der Waals surface area contributed by atoms with Crippen molar-refractivity contribution in [2.75, 3.05) is 0 Å². The van der Waals surface area contributed by atoms with E-state index in [4.69, 9.17) is 16.3 Å². The molecule has 0 radical (unpaired) electrons. The van der Waals surface area contributed by atoms with E-state index in [0.717, 1.165) is 27.8 Å². The Labute approximate surface area is 222 Å². The van der Waals surface area contributed by atoms with E-state index in [1.807, 2.05) is 19.1 Å². The Morgan fingerprint density at radius 1 is 1.13 bits per heavy atom. The van der Waals surface area contributed by atoms with Crippen LogP contribution in [0.3, 0.4) is 0 Å². The van der Waals surface area contributed by atoms with Crippen molar-refractivity contribution in [1.82, 2.24) is 19.5 Å². The van der Waals surface area contributed by atoms with E-state index in [-0.39, 0.29) is 24.4 Å². The van der Waals surface area contributed by atoms with Crippen LogP contribution < -0.4 is 10.3 Å². The summed E-state index contributed by atoms with van der Waals surface area (Å²) in [4.78, 5) is 25.4. The number of nitrogens with zero attached hydrogens (tertiary/aromatic N) is 4. The summed E-state index contributed by atoms with van der Waals surface area (Å²) in [5, 5.41) is 0.744. The molecule has 6 nitrogen and oxygen atoms in total. The lowest BCUT2D eigenvalue weighted by atomic mass is 10.0. The maximum atomic E-state index is 14.1. The van der Waals surface area contributed by atoms with Crippen LogP contribution in [0.25, 0.3) is 22.2 Å². The fourth-order valence-electron chi connectivity index (χ4n) is 4.04. The summed E-state index contributed by atoms with van der Waals surface area (Å²) < 4.78 is 61.1. The highest BCUT2D eigenvalue weighted by Gasteiger charge is 2.34. The summed E-state index contributed by atoms with van der Waals surface area (Å²) in [7, 11) is 0. The summed E-state index contributed by atoms with van der Waals surface area (Å²) in [6.07, 6.45) is -2.65. The molecule has 0 saturated heterocycles. The molecule has 0 unspecified atom stereocenters. The highest BCUT2D eigenvalue weighted by molar-refractivity contribution is 7.14. The van der Waals surface area contributed by atoms with Gasteiger partial charge in [0.15, 0.2) is 0 Å². The first kappa shape index (κ1) is 25.8. The van der Waals surface area contributed by atoms with E-state index >= 15 is 0 Å². The summed E-state index contributed by atoms with van der Waals surface area (Å²) in [6.45, 7) is 1.35. The van der Waals surface area contributed by atoms with Crippen LogP contribution in [-0.4, -0.2) is 19.5 Å². The third-order valence-electron chi connectivity index (χ3n) is 5.77. The number of hydrogen-bond acceptors (Lipinski definition) is 6. The Morgan fingerprint density at radius 3 is 2.68 bits per heavy atom. The van der Waals surface area contributed by atoms with Gasteiger partial charge in [0.2, 0.25) is 0 Å². The van der Waals surface area contributed by atoms with Crippen LogP contribution in [0.15, 0.2) is 65.2 Å². The zero-order chi connectivity index (χ0) is 27.0. The van der Waals surface area contributed by atoms with Crippen molar-refractivity contribution in [3.63, 3.8) is 0 Å². The molecule has 0 aliphatic heterocycles. The fraction of sp³-hybridized carbons (Fsp3) is 0.154. The van der Waals surface area contributed by atoms with Crippen LogP contribution in [0.1, 0.15) is 22.5 Å². The van der Waals surface area contributed by atoms with E-state index < -0.39 is 23.1 Å². The number of ether oxygens (including phenoxy) is 1. The lowest BCUT2D eigenvalue weighted by Crippen LogP contribution is -2.28. The molecule has 0 bridgehead atoms. The van der Waals surface area contributed by atoms with Gasteiger partial charge < -0.3 is 9.30 Å². The van der Waals surface area contributed by atoms with Crippen molar-refractivity contribution in [2.24, 2.45) is 0 Å². The minimum absolute atomic E-state index is 0.171. The molecule has 12 heteroatoms. The van der Waals surface area contributed by atoms with Crippen LogP contribution in [0.5, 0.6) is 5.75 Å². The maximum Gasteiger partial charge on any atom is 0.421 e. The molecule has 1 aromatic carbocycles. The van der Waals surface area contributed by atoms with Crippen molar-refractivity contribution in [2.45, 2.75) is 26.3 Å². The molecule has 0 aliphatic carbocycles. The monoisotopic (exact) mass is 560 g/mol. The molecule has 0 saturated carbocycles. The first-order valence-electron chi connectivity index (χ1n) is 11.1. The molecule has 5 aromatic rings. The van der Waals surface area contributed by atoms with Crippen LogP contribution in [-0.2, 0) is 19.3 Å². The number of fused-ring (bicyclic) bond motifs is 1. The van der Waals surface area contributed by atoms with E-state index in [1.165, 1.54) is 23.6 Å². The van der Waals surface area contributed by atoms with E-state index in [9.17, 15) is 22.4 Å². The predicted molar refractivity (Wildman–Crippen MR) is 136 cm³/mol. The SMILES string of the molecule is Cc1cc(-c2ncsc2Cl)c2cccc(OCc3cc(F)cnc3Cn3cccc(C(F)(F)F)c3=O)c2n1. The fourth-order valence-corrected chi connectivity index (χ4v) is 4.84. The van der Waals surface area contributed by atoms with Gasteiger partial charge in [-0.3, -0.25) is 9.78 Å². The number of aryl methyl sites for hydroxylation is 1. The number of hydrogen-bond donors (Lipinski definition) is 0. The molecule has 5 rings (SSSR count). The molecule has 4 heterocycles. The van der Waals surface area contributed by atoms with Crippen molar-refractivity contribution < 1.29 is 22.3 Å². The number of pyridine rings is 3. The minimum Gasteiger partial charge on any atom is -0.487 e. The predicted octanol–water partition coefficient (Wildman–Crippen LogP) is 6.66. The van der Waals surface area contributed by atoms with Crippen LogP contribution in [0.4, 0.5) is 17.6 Å². The normalized spacial score (nSPS) is 11.7. The third kappa shape index (κ3) is 5.11. The van der Waals surface area contributed by atoms with Crippen LogP contribution in [0, 0.1) is 12.7 Å². The topological polar surface area (TPSA) is 69.9 Å². The molecule has 38 heavy (non-hydrogen) atoms. The lowest BCUT2D eigenvalue weighted by Gasteiger charge is -2.15. The number of rotatable bonds is 6. The maximum absolute atomic E-state index is 14.1. The van der Waals surface area contributed by atoms with Gasteiger partial charge in [-0.25, -0.2) is 14.4 Å². The quantitative estimate of drug-likeness (QED) is 0.217. The Hall–Kier alpha value is -3.83. The first-order chi connectivity index (χ1) is 18.1. The molecule has 0 aliphatic rings. The van der Waals surface area contributed by atoms with Gasteiger partial charge in [-0.1, -0.05) is 23.7 Å². The number of thiazole rings is 1. The third-order valence-corrected chi connectivity index (χ3v) is 6.82. The summed E-state index contributed by atoms with van der Waals surface area (Å²) in [5.74, 6) is -0.263. The van der Waals surface area contributed by atoms with Crippen LogP contribution in [0.2, 0.25) is 4.34 Å². The van der Waals surface area contributed by atoms with E-state index in [1.54, 1.807) is 17.6 Å². The first-order valence-corrected chi connectivity index (χ1v) is 12.4. The largest absolute Gasteiger partial charge is 0.487 e. The molecular weight excluding hydrogens is 544 g/mol. The van der Waals surface area contributed by atoms with Gasteiger partial charge in [0.1, 0.15) is 39.3 Å². The molecule has 0 N–H and O–H groups in total. The average molecular weight is 561 g/mol. The second-order valence-corrected chi connectivity index (χ2v) is 9.80. The Bertz CT molecular complexity index is 1720. The Morgan fingerprint density at radius 2 is 1.95 bits per heavy atom. The lowest BCUT2D eigenvalue weighted by molar-refractivity contribution is -0.138. The number of alkyl halides is 3. The highest BCUT2D eigenvalue weighted by atomic mass is 35.5. The number of benzene rings is 1. The van der Waals surface area contributed by atoms with Crippen molar-refractivity contribution in [3.05, 3.63) is 103 Å². The molecule has 0 amide bonds. The van der Waals surface area contributed by atoms with Gasteiger partial charge in [-0.15, -0.1) is 11.3 Å². The van der Waals surface area contributed by atoms with Gasteiger partial charge in [0, 0.05) is 28.4 Å². The molecule has 0 spiro atoms. The van der Waals surface area contributed by atoms with Gasteiger partial charge in [-0.2, -0.15) is 13.2 Å². The van der Waals surface area contributed by atoms with Crippen molar-refractivity contribution >= 4 is 33.8 Å². The smallest absolute Gasteiger partial charge is 0.421 e. The second kappa shape index (κ2) is 10.1. The summed E-state index contributed by atoms with van der Waals surface area (Å²) >= 11 is 7.63. The number of halogens is 5. The molecule has 194 valence electrons. The van der Waals surface area contributed by atoms with E-state index in [2.05, 4.69) is 15.0 Å². The summed E-state index contributed by atoms with van der Waals surface area (Å²) in [6, 6.07) is 10.2. The second-order valence-electron chi connectivity index (χ2n) is 8.34. The van der Waals surface area contributed by atoms with Crippen LogP contribution >= 0.6 is 22.9 Å². The average Bonchev–Trinajstić information content (AvgIpc) is 3.29. The van der Waals surface area contributed by atoms with Gasteiger partial charge in [0.25, 0.3) is 5.56 Å². The van der Waals surface area contributed by atoms with E-state index in [0.29, 0.717) is 33.1 Å². The Kier molecular flexibility index (Phi) is 6.89. The molecule has 0 atom stereocenters. The molecule has 0 fully saturated rings. The summed E-state index contributed by atoms with van der Waals surface area (Å²) in [5.41, 5.74) is 2.21. The van der Waals surface area contributed by atoms with Crippen molar-refractivity contribution in [1.29, 1.82) is 0 Å². The molecular formula is C26H17ClF4N4O2S. The Balaban J connectivity index is 1.49. The van der Waals surface area contributed by atoms with Crippen molar-refractivity contribution in [3.8, 4) is 17.0 Å². The standard InChI is InChI=1S/C26H17ClF4N4O2S/c1-14-8-18(23-24(27)38-13-33-23)17-4-2-6-21(22(17)34-14)37-12-15-9-16(28)10-32-20(15)11-35-7-3-5-19(25(35)36)26(29,30)31/h2-10,13H,11-12H2,1H3.